The highest BCUT2D eigenvalue weighted by molar-refractivity contribution is 7.99. The van der Waals surface area contributed by atoms with Gasteiger partial charge in [-0.2, -0.15) is 5.10 Å². The van der Waals surface area contributed by atoms with E-state index in [2.05, 4.69) is 34.6 Å². The molecule has 1 fully saturated rings. The van der Waals surface area contributed by atoms with Crippen LogP contribution in [0, 0.1) is 5.92 Å². The van der Waals surface area contributed by atoms with Gasteiger partial charge in [-0.3, -0.25) is 4.79 Å². The SMILES string of the molecule is CCCNc1nc(SCCC)nc2c1cnn2CCNC(=O)C1CCCC1. The van der Waals surface area contributed by atoms with Gasteiger partial charge in [-0.05, 0) is 25.7 Å². The Kier molecular flexibility index (Phi) is 7.32. The lowest BCUT2D eigenvalue weighted by Crippen LogP contribution is -2.32. The molecule has 3 rings (SSSR count). The van der Waals surface area contributed by atoms with Gasteiger partial charge in [-0.25, -0.2) is 14.6 Å². The van der Waals surface area contributed by atoms with Crippen molar-refractivity contribution in [3.8, 4) is 0 Å². The Hall–Kier alpha value is -1.83. The molecule has 0 radical (unpaired) electrons. The minimum Gasteiger partial charge on any atom is -0.369 e. The molecule has 2 aromatic heterocycles. The predicted molar refractivity (Wildman–Crippen MR) is 110 cm³/mol. The molecule has 0 saturated heterocycles. The van der Waals surface area contributed by atoms with Crippen molar-refractivity contribution in [3.63, 3.8) is 0 Å². The van der Waals surface area contributed by atoms with Gasteiger partial charge in [-0.1, -0.05) is 38.5 Å². The molecule has 1 aliphatic rings. The van der Waals surface area contributed by atoms with Crippen molar-refractivity contribution in [1.29, 1.82) is 0 Å². The van der Waals surface area contributed by atoms with Crippen LogP contribution in [-0.4, -0.2) is 44.5 Å². The number of fused-ring (bicyclic) bond motifs is 1. The first-order valence-corrected chi connectivity index (χ1v) is 11.1. The zero-order chi connectivity index (χ0) is 19.1. The maximum absolute atomic E-state index is 12.2. The second kappa shape index (κ2) is 9.92. The Morgan fingerprint density at radius 1 is 1.22 bits per heavy atom. The fourth-order valence-electron chi connectivity index (χ4n) is 3.35. The number of rotatable bonds is 10. The molecule has 1 saturated carbocycles. The summed E-state index contributed by atoms with van der Waals surface area (Å²) in [5.74, 6) is 2.22. The van der Waals surface area contributed by atoms with Crippen molar-refractivity contribution >= 4 is 34.5 Å². The van der Waals surface area contributed by atoms with Crippen LogP contribution in [0.4, 0.5) is 5.82 Å². The minimum absolute atomic E-state index is 0.183. The van der Waals surface area contributed by atoms with E-state index in [0.717, 1.165) is 60.0 Å². The largest absolute Gasteiger partial charge is 0.369 e. The van der Waals surface area contributed by atoms with E-state index in [1.54, 1.807) is 11.8 Å². The molecule has 1 aliphatic carbocycles. The van der Waals surface area contributed by atoms with Gasteiger partial charge in [-0.15, -0.1) is 0 Å². The van der Waals surface area contributed by atoms with E-state index < -0.39 is 0 Å². The number of thioether (sulfide) groups is 1. The third-order valence-electron chi connectivity index (χ3n) is 4.80. The Bertz CT molecular complexity index is 756. The summed E-state index contributed by atoms with van der Waals surface area (Å²) in [4.78, 5) is 21.6. The summed E-state index contributed by atoms with van der Waals surface area (Å²) < 4.78 is 1.87. The van der Waals surface area contributed by atoms with E-state index in [9.17, 15) is 4.79 Å². The highest BCUT2D eigenvalue weighted by atomic mass is 32.2. The van der Waals surface area contributed by atoms with Gasteiger partial charge >= 0.3 is 0 Å². The number of aromatic nitrogens is 4. The summed E-state index contributed by atoms with van der Waals surface area (Å²) >= 11 is 1.67. The fourth-order valence-corrected chi connectivity index (χ4v) is 4.05. The quantitative estimate of drug-likeness (QED) is 0.477. The summed E-state index contributed by atoms with van der Waals surface area (Å²) in [7, 11) is 0. The van der Waals surface area contributed by atoms with Gasteiger partial charge in [0.05, 0.1) is 18.1 Å². The maximum Gasteiger partial charge on any atom is 0.223 e. The van der Waals surface area contributed by atoms with Crippen molar-refractivity contribution in [2.24, 2.45) is 5.92 Å². The van der Waals surface area contributed by atoms with E-state index in [1.807, 2.05) is 10.9 Å². The molecule has 0 aliphatic heterocycles. The lowest BCUT2D eigenvalue weighted by Gasteiger charge is -2.11. The summed E-state index contributed by atoms with van der Waals surface area (Å²) in [6.45, 7) is 6.34. The molecule has 2 heterocycles. The maximum atomic E-state index is 12.2. The van der Waals surface area contributed by atoms with Crippen molar-refractivity contribution < 1.29 is 4.79 Å². The minimum atomic E-state index is 0.183. The molecule has 27 heavy (non-hydrogen) atoms. The molecule has 2 N–H and O–H groups in total. The highest BCUT2D eigenvalue weighted by Crippen LogP contribution is 2.25. The second-order valence-electron chi connectivity index (χ2n) is 7.01. The second-order valence-corrected chi connectivity index (χ2v) is 8.07. The zero-order valence-corrected chi connectivity index (χ0v) is 17.1. The Labute approximate surface area is 165 Å². The van der Waals surface area contributed by atoms with E-state index in [4.69, 9.17) is 4.98 Å². The number of nitrogens with one attached hydrogen (secondary N) is 2. The number of hydrogen-bond donors (Lipinski definition) is 2. The first kappa shape index (κ1) is 19.9. The molecule has 2 aromatic rings. The molecule has 7 nitrogen and oxygen atoms in total. The van der Waals surface area contributed by atoms with Gasteiger partial charge in [0.1, 0.15) is 5.82 Å². The van der Waals surface area contributed by atoms with Crippen molar-refractivity contribution in [3.05, 3.63) is 6.20 Å². The third-order valence-corrected chi connectivity index (χ3v) is 5.86. The number of nitrogens with zero attached hydrogens (tertiary/aromatic N) is 4. The Morgan fingerprint density at radius 3 is 2.78 bits per heavy atom. The number of carbonyl (C=O) groups excluding carboxylic acids is 1. The van der Waals surface area contributed by atoms with Crippen LogP contribution < -0.4 is 10.6 Å². The van der Waals surface area contributed by atoms with Gasteiger partial charge in [0.2, 0.25) is 5.91 Å². The molecule has 0 aromatic carbocycles. The summed E-state index contributed by atoms with van der Waals surface area (Å²) in [6, 6.07) is 0. The highest BCUT2D eigenvalue weighted by Gasteiger charge is 2.22. The molecular weight excluding hydrogens is 360 g/mol. The van der Waals surface area contributed by atoms with Crippen LogP contribution in [0.1, 0.15) is 52.4 Å². The number of amides is 1. The van der Waals surface area contributed by atoms with E-state index in [-0.39, 0.29) is 11.8 Å². The van der Waals surface area contributed by atoms with Crippen molar-refractivity contribution in [1.82, 2.24) is 25.1 Å². The average molecular weight is 391 g/mol. The molecular formula is C19H30N6OS. The van der Waals surface area contributed by atoms with Gasteiger partial charge < -0.3 is 10.6 Å². The number of hydrogen-bond acceptors (Lipinski definition) is 6. The molecule has 0 spiro atoms. The first-order chi connectivity index (χ1) is 13.2. The van der Waals surface area contributed by atoms with Crippen LogP contribution in [0.3, 0.4) is 0 Å². The third kappa shape index (κ3) is 5.12. The van der Waals surface area contributed by atoms with Crippen LogP contribution in [0.25, 0.3) is 11.0 Å². The van der Waals surface area contributed by atoms with Crippen LogP contribution in [0.2, 0.25) is 0 Å². The predicted octanol–water partition coefficient (Wildman–Crippen LogP) is 3.46. The smallest absolute Gasteiger partial charge is 0.223 e. The molecule has 0 unspecified atom stereocenters. The zero-order valence-electron chi connectivity index (χ0n) is 16.3. The van der Waals surface area contributed by atoms with E-state index in [1.165, 1.54) is 12.8 Å². The van der Waals surface area contributed by atoms with E-state index >= 15 is 0 Å². The van der Waals surface area contributed by atoms with Crippen molar-refractivity contribution in [2.45, 2.75) is 64.1 Å². The number of carbonyl (C=O) groups is 1. The first-order valence-electron chi connectivity index (χ1n) is 10.1. The van der Waals surface area contributed by atoms with Crippen molar-refractivity contribution in [2.75, 3.05) is 24.2 Å². The fraction of sp³-hybridized carbons (Fsp3) is 0.684. The van der Waals surface area contributed by atoms with Crippen LogP contribution in [0.5, 0.6) is 0 Å². The monoisotopic (exact) mass is 390 g/mol. The summed E-state index contributed by atoms with van der Waals surface area (Å²) in [5.41, 5.74) is 0.831. The molecule has 1 amide bonds. The number of anilines is 1. The normalized spacial score (nSPS) is 14.7. The molecule has 148 valence electrons. The Morgan fingerprint density at radius 2 is 2.04 bits per heavy atom. The Balaban J connectivity index is 1.71. The molecule has 0 atom stereocenters. The van der Waals surface area contributed by atoms with Gasteiger partial charge in [0, 0.05) is 24.8 Å². The molecule has 0 bridgehead atoms. The van der Waals surface area contributed by atoms with Gasteiger partial charge in [0.15, 0.2) is 10.8 Å². The molecule has 8 heteroatoms. The van der Waals surface area contributed by atoms with Crippen LogP contribution in [-0.2, 0) is 11.3 Å². The lowest BCUT2D eigenvalue weighted by atomic mass is 10.1. The van der Waals surface area contributed by atoms with Crippen LogP contribution in [0.15, 0.2) is 11.4 Å². The summed E-state index contributed by atoms with van der Waals surface area (Å²) in [5, 5.41) is 12.7. The summed E-state index contributed by atoms with van der Waals surface area (Å²) in [6.07, 6.45) is 8.32. The van der Waals surface area contributed by atoms with E-state index in [0.29, 0.717) is 13.1 Å². The lowest BCUT2D eigenvalue weighted by molar-refractivity contribution is -0.124. The standard InChI is InChI=1S/C19H30N6OS/c1-3-9-20-16-15-13-22-25(17(15)24-19(23-16)27-12-4-2)11-10-21-18(26)14-7-5-6-8-14/h13-14H,3-12H2,1-2H3,(H,21,26)(H,20,23,24). The average Bonchev–Trinajstić information content (AvgIpc) is 3.35. The van der Waals surface area contributed by atoms with Crippen LogP contribution >= 0.6 is 11.8 Å². The topological polar surface area (TPSA) is 84.7 Å². The van der Waals surface area contributed by atoms with Gasteiger partial charge in [0.25, 0.3) is 0 Å².